The first-order valence-electron chi connectivity index (χ1n) is 23.9. The van der Waals surface area contributed by atoms with E-state index in [9.17, 15) is 24.2 Å². The van der Waals surface area contributed by atoms with E-state index < -0.39 is 38.6 Å². The number of hydrogen-bond acceptors (Lipinski definition) is 9. The minimum atomic E-state index is -4.40. The number of unbranched alkanes of at least 4 members (excludes halogenated alkanes) is 21. The van der Waals surface area contributed by atoms with Crippen LogP contribution in [0.25, 0.3) is 0 Å². The number of phosphoric acid groups is 1. The molecule has 0 amide bonds. The molecule has 0 fully saturated rings. The first-order valence-corrected chi connectivity index (χ1v) is 25.4. The number of aliphatic hydroxyl groups excluding tert-OH is 1. The van der Waals surface area contributed by atoms with Gasteiger partial charge in [-0.2, -0.15) is 0 Å². The number of ether oxygens (including phenoxy) is 2. The number of phosphoric ester groups is 1. The van der Waals surface area contributed by atoms with Crippen molar-refractivity contribution in [2.45, 2.75) is 212 Å². The zero-order chi connectivity index (χ0) is 44.0. The lowest BCUT2D eigenvalue weighted by molar-refractivity contribution is -0.161. The quantitative estimate of drug-likeness (QED) is 0.0177. The second-order valence-electron chi connectivity index (χ2n) is 15.8. The van der Waals surface area contributed by atoms with Crippen molar-refractivity contribution in [3.8, 4) is 0 Å². The lowest BCUT2D eigenvalue weighted by Crippen LogP contribution is -2.29. The van der Waals surface area contributed by atoms with Gasteiger partial charge < -0.3 is 25.2 Å². The summed E-state index contributed by atoms with van der Waals surface area (Å²) < 4.78 is 32.8. The molecular formula is C49H88NO9P. The fourth-order valence-electron chi connectivity index (χ4n) is 6.46. The molecule has 0 aliphatic carbocycles. The van der Waals surface area contributed by atoms with Gasteiger partial charge in [-0.3, -0.25) is 18.6 Å². The molecule has 3 atom stereocenters. The number of hydrogen-bond donors (Lipinski definition) is 3. The summed E-state index contributed by atoms with van der Waals surface area (Å²) in [6, 6.07) is 0. The maximum Gasteiger partial charge on any atom is 0.472 e. The average molecular weight is 866 g/mol. The molecule has 0 heterocycles. The van der Waals surface area contributed by atoms with Gasteiger partial charge in [-0.1, -0.05) is 203 Å². The highest BCUT2D eigenvalue weighted by Crippen LogP contribution is 2.43. The molecule has 0 rings (SSSR count). The third-order valence-corrected chi connectivity index (χ3v) is 11.0. The largest absolute Gasteiger partial charge is 0.472 e. The highest BCUT2D eigenvalue weighted by atomic mass is 31.2. The van der Waals surface area contributed by atoms with Gasteiger partial charge in [0.1, 0.15) is 6.61 Å². The number of nitrogens with two attached hydrogens (primary N) is 1. The molecule has 11 heteroatoms. The molecule has 0 bridgehead atoms. The summed E-state index contributed by atoms with van der Waals surface area (Å²) in [6.07, 6.45) is 50.4. The maximum absolute atomic E-state index is 12.6. The van der Waals surface area contributed by atoms with Gasteiger partial charge >= 0.3 is 19.8 Å². The summed E-state index contributed by atoms with van der Waals surface area (Å²) >= 11 is 0. The Labute approximate surface area is 366 Å². The highest BCUT2D eigenvalue weighted by Gasteiger charge is 2.26. The Balaban J connectivity index is 4.17. The third-order valence-electron chi connectivity index (χ3n) is 9.99. The number of allylic oxidation sites excluding steroid dienone is 8. The smallest absolute Gasteiger partial charge is 0.462 e. The molecule has 0 saturated heterocycles. The lowest BCUT2D eigenvalue weighted by Gasteiger charge is -2.19. The van der Waals surface area contributed by atoms with Crippen LogP contribution in [0.3, 0.4) is 0 Å². The molecule has 0 aliphatic heterocycles. The molecular weight excluding hydrogens is 778 g/mol. The summed E-state index contributed by atoms with van der Waals surface area (Å²) in [5.74, 6) is -0.917. The van der Waals surface area contributed by atoms with Gasteiger partial charge in [-0.25, -0.2) is 4.57 Å². The monoisotopic (exact) mass is 866 g/mol. The van der Waals surface area contributed by atoms with Crippen molar-refractivity contribution >= 4 is 19.8 Å². The van der Waals surface area contributed by atoms with Crippen molar-refractivity contribution in [3.05, 3.63) is 60.8 Å². The number of esters is 2. The Bertz CT molecular complexity index is 1190. The Hall–Kier alpha value is -2.33. The van der Waals surface area contributed by atoms with Crippen LogP contribution in [-0.2, 0) is 32.7 Å². The van der Waals surface area contributed by atoms with E-state index in [4.69, 9.17) is 24.3 Å². The second-order valence-corrected chi connectivity index (χ2v) is 17.3. The van der Waals surface area contributed by atoms with E-state index in [1.165, 1.54) is 109 Å². The molecule has 0 aromatic heterocycles. The third kappa shape index (κ3) is 43.7. The number of rotatable bonds is 44. The van der Waals surface area contributed by atoms with E-state index in [1.54, 1.807) is 0 Å². The van der Waals surface area contributed by atoms with Crippen molar-refractivity contribution < 1.29 is 42.7 Å². The number of carbonyl (C=O) groups is 2. The van der Waals surface area contributed by atoms with Crippen LogP contribution < -0.4 is 5.73 Å². The van der Waals surface area contributed by atoms with Crippen molar-refractivity contribution in [1.29, 1.82) is 0 Å². The Morgan fingerprint density at radius 2 is 1.10 bits per heavy atom. The van der Waals surface area contributed by atoms with E-state index in [0.29, 0.717) is 25.7 Å². The van der Waals surface area contributed by atoms with Crippen LogP contribution in [0.4, 0.5) is 0 Å². The molecule has 0 aromatic carbocycles. The molecule has 0 radical (unpaired) electrons. The van der Waals surface area contributed by atoms with Crippen molar-refractivity contribution in [2.75, 3.05) is 26.4 Å². The lowest BCUT2D eigenvalue weighted by atomic mass is 10.0. The van der Waals surface area contributed by atoms with Crippen LogP contribution in [0.1, 0.15) is 200 Å². The van der Waals surface area contributed by atoms with E-state index in [0.717, 1.165) is 38.5 Å². The Morgan fingerprint density at radius 3 is 1.65 bits per heavy atom. The maximum atomic E-state index is 12.6. The Kier molecular flexibility index (Phi) is 43.0. The Morgan fingerprint density at radius 1 is 0.600 bits per heavy atom. The first kappa shape index (κ1) is 57.7. The molecule has 10 nitrogen and oxygen atoms in total. The second kappa shape index (κ2) is 44.7. The molecule has 60 heavy (non-hydrogen) atoms. The van der Waals surface area contributed by atoms with Gasteiger partial charge in [0.15, 0.2) is 6.10 Å². The van der Waals surface area contributed by atoms with Gasteiger partial charge in [-0.15, -0.1) is 0 Å². The average Bonchev–Trinajstić information content (AvgIpc) is 3.23. The van der Waals surface area contributed by atoms with Gasteiger partial charge in [0.2, 0.25) is 0 Å². The van der Waals surface area contributed by atoms with Crippen molar-refractivity contribution in [2.24, 2.45) is 5.73 Å². The van der Waals surface area contributed by atoms with E-state index in [2.05, 4.69) is 25.2 Å². The minimum Gasteiger partial charge on any atom is -0.462 e. The topological polar surface area (TPSA) is 155 Å². The van der Waals surface area contributed by atoms with Gasteiger partial charge in [0, 0.05) is 19.4 Å². The minimum absolute atomic E-state index is 0.0382. The first-order chi connectivity index (χ1) is 29.2. The molecule has 4 N–H and O–H groups in total. The standard InChI is InChI=1S/C49H88NO9P/c1-3-5-7-8-9-10-11-12-13-14-15-16-17-18-19-20-25-28-31-34-37-41-49(53)59-47(45-58-60(54,55)57-43-42-50)44-56-48(52)40-36-33-30-27-24-22-21-23-26-29-32-35-39-46(51)38-6-4-2/h6,21-22,26-27,29-30,32,35,38,46-47,51H,3-5,7-20,23-25,28,31,33-34,36-37,39-45,50H2,1-2H3,(H,54,55)/b22-21-,29-26-,30-27-,35-32+,38-6-/t46?,47-/m1/s1. The SMILES string of the molecule is CC/C=C\C(O)C/C=C/C=C\C/C=C\C/C=C\CCCC(=O)OC[C@H](COP(=O)(O)OCCN)OC(=O)CCCCCCCCCCCCCCCCCCCCCCC. The van der Waals surface area contributed by atoms with Crippen LogP contribution in [0.5, 0.6) is 0 Å². The van der Waals surface area contributed by atoms with Gasteiger partial charge in [0.25, 0.3) is 0 Å². The number of aliphatic hydroxyl groups is 1. The van der Waals surface area contributed by atoms with E-state index in [-0.39, 0.29) is 32.6 Å². The molecule has 348 valence electrons. The highest BCUT2D eigenvalue weighted by molar-refractivity contribution is 7.47. The summed E-state index contributed by atoms with van der Waals surface area (Å²) in [4.78, 5) is 34.9. The normalized spacial score (nSPS) is 14.3. The fourth-order valence-corrected chi connectivity index (χ4v) is 7.22. The predicted molar refractivity (Wildman–Crippen MR) is 249 cm³/mol. The molecule has 2 unspecified atom stereocenters. The van der Waals surface area contributed by atoms with Gasteiger partial charge in [0.05, 0.1) is 19.3 Å². The molecule has 0 aromatic rings. The zero-order valence-corrected chi connectivity index (χ0v) is 38.9. The fraction of sp³-hybridized carbons (Fsp3) is 0.755. The summed E-state index contributed by atoms with van der Waals surface area (Å²) in [5.41, 5.74) is 5.35. The van der Waals surface area contributed by atoms with Crippen molar-refractivity contribution in [1.82, 2.24) is 0 Å². The summed E-state index contributed by atoms with van der Waals surface area (Å²) in [7, 11) is -4.40. The van der Waals surface area contributed by atoms with Crippen LogP contribution in [0, 0.1) is 0 Å². The summed E-state index contributed by atoms with van der Waals surface area (Å²) in [6.45, 7) is 3.44. The molecule has 0 spiro atoms. The molecule has 0 aliphatic rings. The van der Waals surface area contributed by atoms with E-state index >= 15 is 0 Å². The zero-order valence-electron chi connectivity index (χ0n) is 38.0. The van der Waals surface area contributed by atoms with Crippen LogP contribution in [-0.4, -0.2) is 60.5 Å². The van der Waals surface area contributed by atoms with Crippen LogP contribution >= 0.6 is 7.82 Å². The van der Waals surface area contributed by atoms with Crippen LogP contribution in [0.2, 0.25) is 0 Å². The number of carbonyl (C=O) groups excluding carboxylic acids is 2. The van der Waals surface area contributed by atoms with Crippen LogP contribution in [0.15, 0.2) is 60.8 Å². The summed E-state index contributed by atoms with van der Waals surface area (Å²) in [5, 5.41) is 9.77. The van der Waals surface area contributed by atoms with Gasteiger partial charge in [-0.05, 0) is 44.9 Å². The predicted octanol–water partition coefficient (Wildman–Crippen LogP) is 13.0. The van der Waals surface area contributed by atoms with Crippen molar-refractivity contribution in [3.63, 3.8) is 0 Å². The van der Waals surface area contributed by atoms with E-state index in [1.807, 2.05) is 49.5 Å². The molecule has 0 saturated carbocycles.